The van der Waals surface area contributed by atoms with E-state index >= 15 is 0 Å². The van der Waals surface area contributed by atoms with E-state index in [1.807, 2.05) is 0 Å². The van der Waals surface area contributed by atoms with E-state index in [4.69, 9.17) is 9.47 Å². The highest BCUT2D eigenvalue weighted by molar-refractivity contribution is 5.23. The molecule has 15 heavy (non-hydrogen) atoms. The molecule has 0 spiro atoms. The number of hydrogen-bond acceptors (Lipinski definition) is 2. The minimum atomic E-state index is -0.175. The van der Waals surface area contributed by atoms with E-state index in [1.54, 1.807) is 0 Å². The van der Waals surface area contributed by atoms with Gasteiger partial charge in [0.05, 0.1) is 6.10 Å². The van der Waals surface area contributed by atoms with Crippen LogP contribution in [0.5, 0.6) is 0 Å². The molecule has 1 saturated heterocycles. The molecule has 0 N–H and O–H groups in total. The smallest absolute Gasteiger partial charge is 0.161 e. The molecule has 2 rings (SSSR count). The molecule has 0 unspecified atom stereocenters. The van der Waals surface area contributed by atoms with Crippen LogP contribution in [-0.4, -0.2) is 18.0 Å². The fraction of sp³-hybridized carbons (Fsp3) is 0.846. The third kappa shape index (κ3) is 1.85. The maximum Gasteiger partial charge on any atom is 0.161 e. The van der Waals surface area contributed by atoms with Gasteiger partial charge in [0, 0.05) is 5.92 Å². The van der Waals surface area contributed by atoms with E-state index in [0.717, 1.165) is 0 Å². The Hall–Kier alpha value is -0.340. The Morgan fingerprint density at radius 1 is 1.47 bits per heavy atom. The molecule has 1 aliphatic heterocycles. The lowest BCUT2D eigenvalue weighted by Crippen LogP contribution is -2.36. The van der Waals surface area contributed by atoms with E-state index in [-0.39, 0.29) is 18.0 Å². The van der Waals surface area contributed by atoms with Crippen molar-refractivity contribution < 1.29 is 9.47 Å². The molecule has 0 bridgehead atoms. The van der Waals surface area contributed by atoms with Crippen molar-refractivity contribution in [2.75, 3.05) is 0 Å². The van der Waals surface area contributed by atoms with E-state index < -0.39 is 0 Å². The fourth-order valence-corrected chi connectivity index (χ4v) is 2.45. The van der Waals surface area contributed by atoms with Crippen LogP contribution in [0, 0.1) is 5.92 Å². The SMILES string of the molecule is CC(C)[C@H]1O[C@@H](C)[C@@](C)(C2=CCCC2)O1. The first-order valence-electron chi connectivity index (χ1n) is 6.07. The Morgan fingerprint density at radius 2 is 2.20 bits per heavy atom. The Labute approximate surface area is 92.6 Å². The van der Waals surface area contributed by atoms with Gasteiger partial charge in [-0.15, -0.1) is 0 Å². The van der Waals surface area contributed by atoms with Crippen LogP contribution in [0.2, 0.25) is 0 Å². The highest BCUT2D eigenvalue weighted by Crippen LogP contribution is 2.41. The standard InChI is InChI=1S/C13H22O2/c1-9(2)12-14-10(3)13(4,15-12)11-7-5-6-8-11/h7,9-10,12H,5-6,8H2,1-4H3/t10-,12-,13-/m0/s1. The van der Waals surface area contributed by atoms with Crippen molar-refractivity contribution in [3.05, 3.63) is 11.6 Å². The number of ether oxygens (including phenoxy) is 2. The van der Waals surface area contributed by atoms with Crippen molar-refractivity contribution in [1.29, 1.82) is 0 Å². The topological polar surface area (TPSA) is 18.5 Å². The average molecular weight is 210 g/mol. The van der Waals surface area contributed by atoms with Crippen LogP contribution < -0.4 is 0 Å². The van der Waals surface area contributed by atoms with Crippen molar-refractivity contribution in [2.45, 2.75) is 65.0 Å². The van der Waals surface area contributed by atoms with Crippen LogP contribution in [-0.2, 0) is 9.47 Å². The minimum absolute atomic E-state index is 0.0356. The van der Waals surface area contributed by atoms with Gasteiger partial charge in [-0.2, -0.15) is 0 Å². The van der Waals surface area contributed by atoms with Gasteiger partial charge in [-0.1, -0.05) is 19.9 Å². The predicted octanol–water partition coefficient (Wildman–Crippen LogP) is 3.27. The number of hydrogen-bond donors (Lipinski definition) is 0. The molecule has 2 heteroatoms. The summed E-state index contributed by atoms with van der Waals surface area (Å²) in [5.74, 6) is 0.427. The van der Waals surface area contributed by atoms with Gasteiger partial charge in [0.15, 0.2) is 6.29 Å². The van der Waals surface area contributed by atoms with Gasteiger partial charge < -0.3 is 9.47 Å². The van der Waals surface area contributed by atoms with Crippen LogP contribution in [0.1, 0.15) is 47.0 Å². The van der Waals surface area contributed by atoms with Crippen LogP contribution in [0.3, 0.4) is 0 Å². The molecular formula is C13H22O2. The van der Waals surface area contributed by atoms with Crippen molar-refractivity contribution >= 4 is 0 Å². The molecule has 0 aromatic heterocycles. The number of allylic oxidation sites excluding steroid dienone is 1. The van der Waals surface area contributed by atoms with Gasteiger partial charge in [-0.3, -0.25) is 0 Å². The Balaban J connectivity index is 2.14. The zero-order valence-corrected chi connectivity index (χ0v) is 10.2. The first kappa shape index (κ1) is 11.2. The Bertz CT molecular complexity index is 270. The first-order valence-corrected chi connectivity index (χ1v) is 6.07. The van der Waals surface area contributed by atoms with Crippen molar-refractivity contribution in [2.24, 2.45) is 5.92 Å². The molecule has 0 amide bonds. The minimum Gasteiger partial charge on any atom is -0.346 e. The molecule has 86 valence electrons. The third-order valence-electron chi connectivity index (χ3n) is 3.70. The maximum atomic E-state index is 6.12. The molecule has 0 aromatic carbocycles. The van der Waals surface area contributed by atoms with Crippen LogP contribution in [0.15, 0.2) is 11.6 Å². The number of rotatable bonds is 2. The van der Waals surface area contributed by atoms with Crippen molar-refractivity contribution in [1.82, 2.24) is 0 Å². The monoisotopic (exact) mass is 210 g/mol. The summed E-state index contributed by atoms with van der Waals surface area (Å²) in [6.45, 7) is 8.59. The summed E-state index contributed by atoms with van der Waals surface area (Å²) < 4.78 is 12.0. The van der Waals surface area contributed by atoms with Gasteiger partial charge in [0.2, 0.25) is 0 Å². The third-order valence-corrected chi connectivity index (χ3v) is 3.70. The van der Waals surface area contributed by atoms with Gasteiger partial charge in [-0.25, -0.2) is 0 Å². The van der Waals surface area contributed by atoms with Crippen LogP contribution in [0.25, 0.3) is 0 Å². The highest BCUT2D eigenvalue weighted by atomic mass is 16.7. The largest absolute Gasteiger partial charge is 0.346 e. The summed E-state index contributed by atoms with van der Waals surface area (Å²) in [6.07, 6.45) is 6.12. The molecule has 1 aliphatic carbocycles. The quantitative estimate of drug-likeness (QED) is 0.651. The predicted molar refractivity (Wildman–Crippen MR) is 60.6 cm³/mol. The van der Waals surface area contributed by atoms with Gasteiger partial charge in [-0.05, 0) is 38.7 Å². The Kier molecular flexibility index (Phi) is 2.91. The van der Waals surface area contributed by atoms with Gasteiger partial charge in [0.1, 0.15) is 5.60 Å². The van der Waals surface area contributed by atoms with Gasteiger partial charge in [0.25, 0.3) is 0 Å². The molecule has 0 radical (unpaired) electrons. The lowest BCUT2D eigenvalue weighted by atomic mass is 9.90. The van der Waals surface area contributed by atoms with E-state index in [9.17, 15) is 0 Å². The normalized spacial score (nSPS) is 41.3. The zero-order chi connectivity index (χ0) is 11.1. The van der Waals surface area contributed by atoms with Crippen LogP contribution >= 0.6 is 0 Å². The second-order valence-electron chi connectivity index (χ2n) is 5.24. The summed E-state index contributed by atoms with van der Waals surface area (Å²) in [6, 6.07) is 0. The lowest BCUT2D eigenvalue weighted by molar-refractivity contribution is -0.104. The lowest BCUT2D eigenvalue weighted by Gasteiger charge is -2.28. The molecule has 0 saturated carbocycles. The maximum absolute atomic E-state index is 6.12. The summed E-state index contributed by atoms with van der Waals surface area (Å²) in [5.41, 5.74) is 1.27. The van der Waals surface area contributed by atoms with E-state index in [2.05, 4.69) is 33.8 Å². The summed E-state index contributed by atoms with van der Waals surface area (Å²) in [4.78, 5) is 0. The van der Waals surface area contributed by atoms with Crippen LogP contribution in [0.4, 0.5) is 0 Å². The summed E-state index contributed by atoms with van der Waals surface area (Å²) >= 11 is 0. The van der Waals surface area contributed by atoms with Crippen molar-refractivity contribution in [3.8, 4) is 0 Å². The second-order valence-corrected chi connectivity index (χ2v) is 5.24. The Morgan fingerprint density at radius 3 is 2.67 bits per heavy atom. The zero-order valence-electron chi connectivity index (χ0n) is 10.2. The molecule has 2 aliphatic rings. The summed E-state index contributed by atoms with van der Waals surface area (Å²) in [7, 11) is 0. The van der Waals surface area contributed by atoms with E-state index in [0.29, 0.717) is 5.92 Å². The highest BCUT2D eigenvalue weighted by Gasteiger charge is 2.47. The summed E-state index contributed by atoms with van der Waals surface area (Å²) in [5, 5.41) is 0. The van der Waals surface area contributed by atoms with Crippen molar-refractivity contribution in [3.63, 3.8) is 0 Å². The molecule has 0 aromatic rings. The molecule has 1 heterocycles. The average Bonchev–Trinajstić information content (AvgIpc) is 2.76. The fourth-order valence-electron chi connectivity index (χ4n) is 2.45. The molecular weight excluding hydrogens is 188 g/mol. The molecule has 3 atom stereocenters. The second kappa shape index (κ2) is 3.91. The van der Waals surface area contributed by atoms with E-state index in [1.165, 1.54) is 24.8 Å². The molecule has 1 fully saturated rings. The van der Waals surface area contributed by atoms with Gasteiger partial charge >= 0.3 is 0 Å². The first-order chi connectivity index (χ1) is 7.04. The molecule has 2 nitrogen and oxygen atoms in total.